The van der Waals surface area contributed by atoms with E-state index in [1.807, 2.05) is 25.1 Å². The molecule has 0 aliphatic heterocycles. The maximum Gasteiger partial charge on any atom is 0.126 e. The van der Waals surface area contributed by atoms with Gasteiger partial charge in [0.1, 0.15) is 11.5 Å². The summed E-state index contributed by atoms with van der Waals surface area (Å²) < 4.78 is 11.3. The highest BCUT2D eigenvalue weighted by molar-refractivity contribution is 5.41. The van der Waals surface area contributed by atoms with E-state index >= 15 is 0 Å². The van der Waals surface area contributed by atoms with Gasteiger partial charge in [-0.3, -0.25) is 0 Å². The van der Waals surface area contributed by atoms with Gasteiger partial charge in [-0.1, -0.05) is 32.8 Å². The van der Waals surface area contributed by atoms with Gasteiger partial charge >= 0.3 is 0 Å². The number of nitrogens with two attached hydrogens (primary N) is 1. The Balaban J connectivity index is 2.81. The van der Waals surface area contributed by atoms with Gasteiger partial charge in [-0.05, 0) is 30.9 Å². The van der Waals surface area contributed by atoms with Crippen molar-refractivity contribution in [3.63, 3.8) is 0 Å². The number of benzene rings is 1. The molecule has 0 aliphatic carbocycles. The molecule has 0 aliphatic rings. The molecule has 1 unspecified atom stereocenters. The van der Waals surface area contributed by atoms with Crippen molar-refractivity contribution in [2.75, 3.05) is 13.7 Å². The lowest BCUT2D eigenvalue weighted by molar-refractivity contribution is 0.237. The molecule has 0 bridgehead atoms. The molecule has 3 heteroatoms. The van der Waals surface area contributed by atoms with Crippen LogP contribution < -0.4 is 15.2 Å². The molecule has 0 saturated heterocycles. The fraction of sp³-hybridized carbons (Fsp3) is 0.625. The molecule has 0 heterocycles. The van der Waals surface area contributed by atoms with E-state index in [1.165, 1.54) is 0 Å². The molecule has 0 aromatic heterocycles. The first-order valence-electron chi connectivity index (χ1n) is 7.15. The van der Waals surface area contributed by atoms with Gasteiger partial charge in [0.15, 0.2) is 0 Å². The highest BCUT2D eigenvalue weighted by Gasteiger charge is 2.10. The molecule has 108 valence electrons. The third-order valence-electron chi connectivity index (χ3n) is 3.45. The first-order chi connectivity index (χ1) is 9.10. The van der Waals surface area contributed by atoms with Crippen molar-refractivity contribution in [2.24, 2.45) is 11.7 Å². The van der Waals surface area contributed by atoms with Crippen molar-refractivity contribution in [3.05, 3.63) is 23.8 Å². The van der Waals surface area contributed by atoms with Crippen LogP contribution in [0.25, 0.3) is 0 Å². The lowest BCUT2D eigenvalue weighted by Crippen LogP contribution is -2.19. The highest BCUT2D eigenvalue weighted by Crippen LogP contribution is 2.26. The van der Waals surface area contributed by atoms with Gasteiger partial charge < -0.3 is 15.2 Å². The largest absolute Gasteiger partial charge is 0.497 e. The molecule has 1 rings (SSSR count). The quantitative estimate of drug-likeness (QED) is 0.783. The lowest BCUT2D eigenvalue weighted by atomic mass is 10.0. The molecule has 0 amide bonds. The Kier molecular flexibility index (Phi) is 6.71. The Morgan fingerprint density at radius 2 is 1.89 bits per heavy atom. The van der Waals surface area contributed by atoms with Crippen molar-refractivity contribution in [1.29, 1.82) is 0 Å². The topological polar surface area (TPSA) is 44.5 Å². The summed E-state index contributed by atoms with van der Waals surface area (Å²) in [5.74, 6) is 2.34. The van der Waals surface area contributed by atoms with E-state index in [-0.39, 0.29) is 6.04 Å². The van der Waals surface area contributed by atoms with Gasteiger partial charge in [0.2, 0.25) is 0 Å². The molecule has 19 heavy (non-hydrogen) atoms. The Morgan fingerprint density at radius 3 is 2.42 bits per heavy atom. The molecule has 1 aromatic rings. The lowest BCUT2D eigenvalue weighted by Gasteiger charge is -2.18. The first-order valence-corrected chi connectivity index (χ1v) is 7.15. The van der Waals surface area contributed by atoms with Crippen LogP contribution in [-0.4, -0.2) is 19.8 Å². The summed E-state index contributed by atoms with van der Waals surface area (Å²) in [6, 6.07) is 6.09. The molecule has 0 radical (unpaired) electrons. The fourth-order valence-corrected chi connectivity index (χ4v) is 2.04. The summed E-state index contributed by atoms with van der Waals surface area (Å²) in [5, 5.41) is 0. The predicted molar refractivity (Wildman–Crippen MR) is 79.9 cm³/mol. The maximum atomic E-state index is 5.99. The minimum absolute atomic E-state index is 0.129. The number of hydrogen-bond acceptors (Lipinski definition) is 3. The molecule has 2 N–H and O–H groups in total. The molecule has 3 nitrogen and oxygen atoms in total. The van der Waals surface area contributed by atoms with Crippen molar-refractivity contribution in [1.82, 2.24) is 0 Å². The van der Waals surface area contributed by atoms with E-state index < -0.39 is 0 Å². The van der Waals surface area contributed by atoms with Crippen LogP contribution in [-0.2, 0) is 6.42 Å². The molecule has 1 atom stereocenters. The molecule has 0 spiro atoms. The molecule has 1 aromatic carbocycles. The Bertz CT molecular complexity index is 373. The van der Waals surface area contributed by atoms with E-state index in [1.54, 1.807) is 7.11 Å². The number of hydrogen-bond donors (Lipinski definition) is 1. The van der Waals surface area contributed by atoms with E-state index in [9.17, 15) is 0 Å². The van der Waals surface area contributed by atoms with Gasteiger partial charge in [-0.2, -0.15) is 0 Å². The minimum atomic E-state index is 0.129. The second-order valence-corrected chi connectivity index (χ2v) is 5.15. The minimum Gasteiger partial charge on any atom is -0.497 e. The molecule has 0 saturated carbocycles. The van der Waals surface area contributed by atoms with Crippen LogP contribution in [0.4, 0.5) is 0 Å². The third-order valence-corrected chi connectivity index (χ3v) is 3.45. The Morgan fingerprint density at radius 1 is 1.21 bits per heavy atom. The normalized spacial score (nSPS) is 12.5. The van der Waals surface area contributed by atoms with Gasteiger partial charge in [-0.25, -0.2) is 0 Å². The van der Waals surface area contributed by atoms with Crippen LogP contribution in [0.3, 0.4) is 0 Å². The van der Waals surface area contributed by atoms with Crippen LogP contribution >= 0.6 is 0 Å². The summed E-state index contributed by atoms with van der Waals surface area (Å²) in [4.78, 5) is 0. The second kappa shape index (κ2) is 8.05. The average Bonchev–Trinajstić information content (AvgIpc) is 2.40. The number of rotatable bonds is 8. The van der Waals surface area contributed by atoms with E-state index in [2.05, 4.69) is 13.8 Å². The van der Waals surface area contributed by atoms with Crippen molar-refractivity contribution in [3.8, 4) is 11.5 Å². The van der Waals surface area contributed by atoms with Crippen LogP contribution in [0.2, 0.25) is 0 Å². The standard InChI is InChI=1S/C16H27NO2/c1-5-13(6-2)11-19-16-10-15(18-4)8-7-14(16)9-12(3)17/h7-8,10,12-13H,5-6,9,11,17H2,1-4H3. The number of ether oxygens (including phenoxy) is 2. The third kappa shape index (κ3) is 5.11. The SMILES string of the molecule is CCC(CC)COc1cc(OC)ccc1CC(C)N. The van der Waals surface area contributed by atoms with Crippen molar-refractivity contribution < 1.29 is 9.47 Å². The molecular formula is C16H27NO2. The zero-order valence-electron chi connectivity index (χ0n) is 12.6. The van der Waals surface area contributed by atoms with E-state index in [0.717, 1.165) is 42.9 Å². The van der Waals surface area contributed by atoms with E-state index in [0.29, 0.717) is 5.92 Å². The molecule has 0 fully saturated rings. The van der Waals surface area contributed by atoms with Crippen molar-refractivity contribution in [2.45, 2.75) is 46.1 Å². The zero-order chi connectivity index (χ0) is 14.3. The maximum absolute atomic E-state index is 5.99. The van der Waals surface area contributed by atoms with Crippen molar-refractivity contribution >= 4 is 0 Å². The first kappa shape index (κ1) is 15.8. The fourth-order valence-electron chi connectivity index (χ4n) is 2.04. The summed E-state index contributed by atoms with van der Waals surface area (Å²) in [7, 11) is 1.67. The average molecular weight is 265 g/mol. The zero-order valence-corrected chi connectivity index (χ0v) is 12.6. The molecular weight excluding hydrogens is 238 g/mol. The van der Waals surface area contributed by atoms with Gasteiger partial charge in [-0.15, -0.1) is 0 Å². The summed E-state index contributed by atoms with van der Waals surface area (Å²) in [6.45, 7) is 7.17. The van der Waals surface area contributed by atoms with Gasteiger partial charge in [0.05, 0.1) is 13.7 Å². The number of methoxy groups -OCH3 is 1. The van der Waals surface area contributed by atoms with E-state index in [4.69, 9.17) is 15.2 Å². The monoisotopic (exact) mass is 265 g/mol. The Labute approximate surface area is 117 Å². The highest BCUT2D eigenvalue weighted by atomic mass is 16.5. The summed E-state index contributed by atoms with van der Waals surface area (Å²) in [5.41, 5.74) is 7.04. The summed E-state index contributed by atoms with van der Waals surface area (Å²) >= 11 is 0. The van der Waals surface area contributed by atoms with Gasteiger partial charge in [0, 0.05) is 12.1 Å². The van der Waals surface area contributed by atoms with Crippen LogP contribution in [0, 0.1) is 5.92 Å². The van der Waals surface area contributed by atoms with Gasteiger partial charge in [0.25, 0.3) is 0 Å². The van der Waals surface area contributed by atoms with Crippen LogP contribution in [0.15, 0.2) is 18.2 Å². The second-order valence-electron chi connectivity index (χ2n) is 5.15. The van der Waals surface area contributed by atoms with Crippen LogP contribution in [0.1, 0.15) is 39.2 Å². The predicted octanol–water partition coefficient (Wildman–Crippen LogP) is 3.40. The smallest absolute Gasteiger partial charge is 0.126 e. The summed E-state index contributed by atoms with van der Waals surface area (Å²) in [6.07, 6.45) is 3.11. The Hall–Kier alpha value is -1.22. The van der Waals surface area contributed by atoms with Crippen LogP contribution in [0.5, 0.6) is 11.5 Å².